The first-order valence-electron chi connectivity index (χ1n) is 5.65. The predicted molar refractivity (Wildman–Crippen MR) is 74.8 cm³/mol. The standard InChI is InChI=1S/C14H9Cl2NO2/c15-9-5-6-10(16)13(7-9)18-8-14-17-11-3-1-2-4-12(11)19-14/h1-7H,8H2. The van der Waals surface area contributed by atoms with Crippen LogP contribution in [0.1, 0.15) is 5.89 Å². The highest BCUT2D eigenvalue weighted by molar-refractivity contribution is 6.34. The lowest BCUT2D eigenvalue weighted by atomic mass is 10.3. The van der Waals surface area contributed by atoms with Crippen molar-refractivity contribution in [1.29, 1.82) is 0 Å². The van der Waals surface area contributed by atoms with Crippen LogP contribution in [0.2, 0.25) is 10.0 Å². The minimum atomic E-state index is 0.203. The summed E-state index contributed by atoms with van der Waals surface area (Å²) in [5.74, 6) is 1.01. The summed E-state index contributed by atoms with van der Waals surface area (Å²) in [6.45, 7) is 0.203. The van der Waals surface area contributed by atoms with E-state index in [4.69, 9.17) is 32.4 Å². The molecule has 0 atom stereocenters. The van der Waals surface area contributed by atoms with Gasteiger partial charge in [0.05, 0.1) is 5.02 Å². The molecule has 0 unspecified atom stereocenters. The molecule has 2 aromatic carbocycles. The van der Waals surface area contributed by atoms with E-state index in [9.17, 15) is 0 Å². The van der Waals surface area contributed by atoms with Crippen LogP contribution in [-0.4, -0.2) is 4.98 Å². The van der Waals surface area contributed by atoms with Gasteiger partial charge in [-0.05, 0) is 24.3 Å². The van der Waals surface area contributed by atoms with Crippen molar-refractivity contribution in [2.75, 3.05) is 0 Å². The number of hydrogen-bond acceptors (Lipinski definition) is 3. The highest BCUT2D eigenvalue weighted by Gasteiger charge is 2.08. The molecule has 19 heavy (non-hydrogen) atoms. The van der Waals surface area contributed by atoms with Crippen molar-refractivity contribution in [2.45, 2.75) is 6.61 Å². The Morgan fingerprint density at radius 2 is 1.95 bits per heavy atom. The molecular formula is C14H9Cl2NO2. The Kier molecular flexibility index (Phi) is 3.32. The van der Waals surface area contributed by atoms with E-state index in [2.05, 4.69) is 4.98 Å². The Bertz CT molecular complexity index is 691. The van der Waals surface area contributed by atoms with Crippen LogP contribution in [0.15, 0.2) is 46.9 Å². The van der Waals surface area contributed by atoms with Gasteiger partial charge in [-0.3, -0.25) is 0 Å². The summed E-state index contributed by atoms with van der Waals surface area (Å²) < 4.78 is 11.1. The van der Waals surface area contributed by atoms with E-state index in [-0.39, 0.29) is 6.61 Å². The first kappa shape index (κ1) is 12.3. The van der Waals surface area contributed by atoms with E-state index in [1.165, 1.54) is 0 Å². The van der Waals surface area contributed by atoms with Gasteiger partial charge in [0.25, 0.3) is 0 Å². The second-order valence-corrected chi connectivity index (χ2v) is 4.78. The minimum Gasteiger partial charge on any atom is -0.482 e. The quantitative estimate of drug-likeness (QED) is 0.701. The van der Waals surface area contributed by atoms with Crippen LogP contribution in [0.4, 0.5) is 0 Å². The number of rotatable bonds is 3. The Hall–Kier alpha value is -1.71. The van der Waals surface area contributed by atoms with E-state index in [1.807, 2.05) is 24.3 Å². The molecule has 0 aliphatic heterocycles. The van der Waals surface area contributed by atoms with Gasteiger partial charge in [-0.15, -0.1) is 0 Å². The molecule has 0 amide bonds. The van der Waals surface area contributed by atoms with E-state index in [0.29, 0.717) is 21.7 Å². The maximum absolute atomic E-state index is 6.01. The summed E-state index contributed by atoms with van der Waals surface area (Å²) in [5.41, 5.74) is 1.54. The summed E-state index contributed by atoms with van der Waals surface area (Å²) in [5, 5.41) is 1.07. The zero-order valence-corrected chi connectivity index (χ0v) is 11.3. The number of aromatic nitrogens is 1. The summed E-state index contributed by atoms with van der Waals surface area (Å²) >= 11 is 11.9. The highest BCUT2D eigenvalue weighted by atomic mass is 35.5. The molecule has 0 radical (unpaired) electrons. The lowest BCUT2D eigenvalue weighted by Crippen LogP contribution is -1.96. The third kappa shape index (κ3) is 2.67. The Balaban J connectivity index is 1.80. The predicted octanol–water partition coefficient (Wildman–Crippen LogP) is 4.71. The molecular weight excluding hydrogens is 285 g/mol. The second kappa shape index (κ2) is 5.11. The minimum absolute atomic E-state index is 0.203. The third-order valence-corrected chi connectivity index (χ3v) is 3.13. The van der Waals surface area contributed by atoms with Gasteiger partial charge >= 0.3 is 0 Å². The van der Waals surface area contributed by atoms with E-state index < -0.39 is 0 Å². The zero-order chi connectivity index (χ0) is 13.2. The number of benzene rings is 2. The summed E-state index contributed by atoms with van der Waals surface area (Å²) in [6.07, 6.45) is 0. The number of ether oxygens (including phenoxy) is 1. The molecule has 0 bridgehead atoms. The number of oxazole rings is 1. The van der Waals surface area contributed by atoms with Crippen molar-refractivity contribution < 1.29 is 9.15 Å². The van der Waals surface area contributed by atoms with Crippen molar-refractivity contribution in [3.63, 3.8) is 0 Å². The molecule has 0 saturated heterocycles. The smallest absolute Gasteiger partial charge is 0.233 e. The van der Waals surface area contributed by atoms with Gasteiger partial charge in [-0.2, -0.15) is 0 Å². The normalized spacial score (nSPS) is 10.8. The Labute approximate surface area is 119 Å². The molecule has 0 saturated carbocycles. The van der Waals surface area contributed by atoms with E-state index >= 15 is 0 Å². The molecule has 3 rings (SSSR count). The van der Waals surface area contributed by atoms with Crippen molar-refractivity contribution in [3.05, 3.63) is 58.4 Å². The summed E-state index contributed by atoms with van der Waals surface area (Å²) in [7, 11) is 0. The van der Waals surface area contributed by atoms with Gasteiger partial charge < -0.3 is 9.15 Å². The van der Waals surface area contributed by atoms with Crippen LogP contribution < -0.4 is 4.74 Å². The summed E-state index contributed by atoms with van der Waals surface area (Å²) in [4.78, 5) is 4.31. The van der Waals surface area contributed by atoms with Crippen LogP contribution in [0, 0.1) is 0 Å². The highest BCUT2D eigenvalue weighted by Crippen LogP contribution is 2.28. The summed E-state index contributed by atoms with van der Waals surface area (Å²) in [6, 6.07) is 12.6. The molecule has 0 fully saturated rings. The fourth-order valence-corrected chi connectivity index (χ4v) is 2.04. The number of nitrogens with zero attached hydrogens (tertiary/aromatic N) is 1. The Morgan fingerprint density at radius 3 is 2.79 bits per heavy atom. The van der Waals surface area contributed by atoms with Gasteiger partial charge in [0, 0.05) is 11.1 Å². The van der Waals surface area contributed by atoms with Gasteiger partial charge in [0.1, 0.15) is 11.3 Å². The van der Waals surface area contributed by atoms with Crippen LogP contribution in [0.25, 0.3) is 11.1 Å². The number of para-hydroxylation sites is 2. The lowest BCUT2D eigenvalue weighted by Gasteiger charge is -2.05. The molecule has 0 N–H and O–H groups in total. The third-order valence-electron chi connectivity index (χ3n) is 2.58. The van der Waals surface area contributed by atoms with Crippen LogP contribution in [-0.2, 0) is 6.61 Å². The number of halogens is 2. The first-order valence-corrected chi connectivity index (χ1v) is 6.40. The van der Waals surface area contributed by atoms with Crippen molar-refractivity contribution >= 4 is 34.3 Å². The number of hydrogen-bond donors (Lipinski definition) is 0. The molecule has 0 spiro atoms. The molecule has 3 aromatic rings. The number of fused-ring (bicyclic) bond motifs is 1. The topological polar surface area (TPSA) is 35.3 Å². The maximum atomic E-state index is 6.01. The van der Waals surface area contributed by atoms with Gasteiger partial charge in [0.2, 0.25) is 5.89 Å². The fourth-order valence-electron chi connectivity index (χ4n) is 1.71. The van der Waals surface area contributed by atoms with Crippen molar-refractivity contribution in [2.24, 2.45) is 0 Å². The molecule has 5 heteroatoms. The Morgan fingerprint density at radius 1 is 1.11 bits per heavy atom. The molecule has 0 aliphatic carbocycles. The van der Waals surface area contributed by atoms with Crippen LogP contribution >= 0.6 is 23.2 Å². The van der Waals surface area contributed by atoms with Crippen LogP contribution in [0.5, 0.6) is 5.75 Å². The zero-order valence-electron chi connectivity index (χ0n) is 9.77. The largest absolute Gasteiger partial charge is 0.482 e. The molecule has 3 nitrogen and oxygen atoms in total. The van der Waals surface area contributed by atoms with Crippen molar-refractivity contribution in [3.8, 4) is 5.75 Å². The maximum Gasteiger partial charge on any atom is 0.233 e. The van der Waals surface area contributed by atoms with Gasteiger partial charge in [-0.1, -0.05) is 35.3 Å². The lowest BCUT2D eigenvalue weighted by molar-refractivity contribution is 0.267. The van der Waals surface area contributed by atoms with Gasteiger partial charge in [0.15, 0.2) is 12.2 Å². The van der Waals surface area contributed by atoms with Crippen molar-refractivity contribution in [1.82, 2.24) is 4.98 Å². The van der Waals surface area contributed by atoms with E-state index in [0.717, 1.165) is 11.1 Å². The average Bonchev–Trinajstić information content (AvgIpc) is 2.82. The first-order chi connectivity index (χ1) is 9.22. The molecule has 0 aliphatic rings. The SMILES string of the molecule is Clc1ccc(Cl)c(OCc2nc3ccccc3o2)c1. The van der Waals surface area contributed by atoms with Crippen LogP contribution in [0.3, 0.4) is 0 Å². The fraction of sp³-hybridized carbons (Fsp3) is 0.0714. The van der Waals surface area contributed by atoms with Gasteiger partial charge in [-0.25, -0.2) is 4.98 Å². The average molecular weight is 294 g/mol. The molecule has 96 valence electrons. The second-order valence-electron chi connectivity index (χ2n) is 3.94. The molecule has 1 heterocycles. The van der Waals surface area contributed by atoms with E-state index in [1.54, 1.807) is 18.2 Å². The molecule has 1 aromatic heterocycles. The monoisotopic (exact) mass is 293 g/mol.